The highest BCUT2D eigenvalue weighted by Crippen LogP contribution is 1.83. The van der Waals surface area contributed by atoms with Crippen molar-refractivity contribution in [3.8, 4) is 0 Å². The Bertz CT molecular complexity index is 10.0. The van der Waals surface area contributed by atoms with Crippen molar-refractivity contribution in [2.75, 3.05) is 6.26 Å². The first-order valence-corrected chi connectivity index (χ1v) is 1.91. The van der Waals surface area contributed by atoms with Crippen LogP contribution in [0.15, 0.2) is 0 Å². The molecule has 0 saturated heterocycles. The van der Waals surface area contributed by atoms with E-state index >= 15 is 0 Å². The zero-order chi connectivity index (χ0) is 3.41. The molecule has 0 aliphatic heterocycles. The van der Waals surface area contributed by atoms with E-state index in [1.807, 2.05) is 0 Å². The van der Waals surface area contributed by atoms with E-state index in [1.165, 1.54) is 0 Å². The molecular weight excluding hydrogens is 74.1 g/mol. The fourth-order valence-electron chi connectivity index (χ4n) is 0. The molecule has 0 amide bonds. The summed E-state index contributed by atoms with van der Waals surface area (Å²) in [7, 11) is 0. The zero-order valence-electron chi connectivity index (χ0n) is 2.26. The Balaban J connectivity index is 1.97. The van der Waals surface area contributed by atoms with Crippen molar-refractivity contribution >= 4 is 12.0 Å². The number of rotatable bonds is 1. The number of nitrogens with zero attached hydrogens (tertiary/aromatic N) is 1. The second-order valence-electron chi connectivity index (χ2n) is 0.241. The Labute approximate surface area is 29.5 Å². The summed E-state index contributed by atoms with van der Waals surface area (Å²) in [5.74, 6) is 7.34. The molecule has 0 N–H and O–H groups in total. The van der Waals surface area contributed by atoms with Crippen LogP contribution in [-0.4, -0.2) is 6.26 Å². The van der Waals surface area contributed by atoms with Crippen molar-refractivity contribution in [1.29, 1.82) is 0 Å². The largest absolute Gasteiger partial charge is 0.191 e. The molecule has 4 heavy (non-hydrogen) atoms. The molecular formula is CH3NOS. The Morgan fingerprint density at radius 1 is 2.00 bits per heavy atom. The fourth-order valence-corrected chi connectivity index (χ4v) is 0. The van der Waals surface area contributed by atoms with Crippen LogP contribution in [0.3, 0.4) is 0 Å². The molecule has 24 valence electrons. The average molecular weight is 77.1 g/mol. The maximum absolute atomic E-state index is 7.34. The van der Waals surface area contributed by atoms with E-state index in [0.29, 0.717) is 0 Å². The van der Waals surface area contributed by atoms with Gasteiger partial charge in [-0.3, -0.25) is 0 Å². The van der Waals surface area contributed by atoms with Gasteiger partial charge < -0.3 is 0 Å². The van der Waals surface area contributed by atoms with Gasteiger partial charge in [0.05, 0.1) is 5.90 Å². The predicted molar refractivity (Wildman–Crippen MR) is 16.7 cm³/mol. The molecule has 0 aliphatic carbocycles. The van der Waals surface area contributed by atoms with Crippen LogP contribution in [0.5, 0.6) is 0 Å². The number of hydrogen-bond donors (Lipinski definition) is 0. The minimum Gasteiger partial charge on any atom is -0.191 e. The lowest BCUT2D eigenvalue weighted by atomic mass is 12.0. The molecule has 0 saturated carbocycles. The van der Waals surface area contributed by atoms with Gasteiger partial charge in [0, 0.05) is 18.3 Å². The van der Waals surface area contributed by atoms with E-state index in [4.69, 9.17) is 5.90 Å². The molecule has 2 radical (unpaired) electrons. The van der Waals surface area contributed by atoms with Gasteiger partial charge in [0.25, 0.3) is 0 Å². The van der Waals surface area contributed by atoms with E-state index in [9.17, 15) is 0 Å². The minimum absolute atomic E-state index is 0.912. The van der Waals surface area contributed by atoms with Gasteiger partial charge in [-0.25, -0.2) is 0 Å². The van der Waals surface area contributed by atoms with Gasteiger partial charge in [0.1, 0.15) is 0 Å². The second kappa shape index (κ2) is 3.27. The Hall–Kier alpha value is 0.270. The summed E-state index contributed by atoms with van der Waals surface area (Å²) in [5, 5.41) is 0. The predicted octanol–water partition coefficient (Wildman–Crippen LogP) is 0.265. The van der Waals surface area contributed by atoms with Crippen LogP contribution in [0.1, 0.15) is 0 Å². The Kier molecular flexibility index (Phi) is 3.49. The average Bonchev–Trinajstić information content (AvgIpc) is 1.37. The highest BCUT2D eigenvalue weighted by Gasteiger charge is 1.57. The Morgan fingerprint density at radius 3 is 2.25 bits per heavy atom. The first-order valence-electron chi connectivity index (χ1n) is 0.757. The van der Waals surface area contributed by atoms with Gasteiger partial charge in [-0.1, -0.05) is 0 Å². The van der Waals surface area contributed by atoms with E-state index < -0.39 is 0 Å². The van der Waals surface area contributed by atoms with Crippen molar-refractivity contribution in [2.45, 2.75) is 0 Å². The third-order valence-electron chi connectivity index (χ3n) is 0.0745. The molecule has 0 spiro atoms. The van der Waals surface area contributed by atoms with Gasteiger partial charge in [-0.2, -0.15) is 4.28 Å². The summed E-state index contributed by atoms with van der Waals surface area (Å²) in [4.78, 5) is 0. The zero-order valence-corrected chi connectivity index (χ0v) is 3.08. The summed E-state index contributed by atoms with van der Waals surface area (Å²) in [6, 6.07) is 0. The van der Waals surface area contributed by atoms with Crippen LogP contribution in [0.2, 0.25) is 0 Å². The molecule has 0 aromatic rings. The molecule has 0 aliphatic rings. The quantitative estimate of drug-likeness (QED) is 0.332. The lowest BCUT2D eigenvalue weighted by Gasteiger charge is -1.68. The molecule has 0 aromatic heterocycles. The molecule has 0 aromatic carbocycles. The third kappa shape index (κ3) is 2.27. The van der Waals surface area contributed by atoms with Crippen LogP contribution >= 0.6 is 12.0 Å². The lowest BCUT2D eigenvalue weighted by molar-refractivity contribution is 0.371. The molecule has 0 bridgehead atoms. The van der Waals surface area contributed by atoms with Gasteiger partial charge in [0.15, 0.2) is 0 Å². The lowest BCUT2D eigenvalue weighted by Crippen LogP contribution is -1.61. The maximum Gasteiger partial charge on any atom is 0.0543 e. The Morgan fingerprint density at radius 2 is 2.25 bits per heavy atom. The number of hydrogen-bond acceptors (Lipinski definition) is 2. The van der Waals surface area contributed by atoms with Crippen molar-refractivity contribution in [3.63, 3.8) is 0 Å². The smallest absolute Gasteiger partial charge is 0.0543 e. The molecule has 2 nitrogen and oxygen atoms in total. The molecule has 0 unspecified atom stereocenters. The fraction of sp³-hybridized carbons (Fsp3) is 1.00. The van der Waals surface area contributed by atoms with Crippen LogP contribution in [-0.2, 0) is 4.28 Å². The normalized spacial score (nSPS) is 7.50. The van der Waals surface area contributed by atoms with Crippen molar-refractivity contribution in [1.82, 2.24) is 5.90 Å². The van der Waals surface area contributed by atoms with Crippen molar-refractivity contribution in [3.05, 3.63) is 0 Å². The van der Waals surface area contributed by atoms with Gasteiger partial charge >= 0.3 is 0 Å². The van der Waals surface area contributed by atoms with Crippen LogP contribution in [0.25, 0.3) is 0 Å². The van der Waals surface area contributed by atoms with E-state index in [0.717, 1.165) is 12.0 Å². The maximum atomic E-state index is 7.34. The molecule has 3 heteroatoms. The first-order chi connectivity index (χ1) is 1.91. The first kappa shape index (κ1) is 4.27. The molecule has 0 atom stereocenters. The van der Waals surface area contributed by atoms with Crippen LogP contribution in [0, 0.1) is 0 Å². The van der Waals surface area contributed by atoms with Gasteiger partial charge in [0.2, 0.25) is 0 Å². The summed E-state index contributed by atoms with van der Waals surface area (Å²) in [6.07, 6.45) is 1.62. The van der Waals surface area contributed by atoms with E-state index in [2.05, 4.69) is 4.28 Å². The third-order valence-corrected chi connectivity index (χ3v) is 0.224. The summed E-state index contributed by atoms with van der Waals surface area (Å²) >= 11 is 0.912. The summed E-state index contributed by atoms with van der Waals surface area (Å²) in [5.41, 5.74) is 0. The standard InChI is InChI=1S/CH3NOS/c1-4-3-2/h1H3. The van der Waals surface area contributed by atoms with Crippen LogP contribution < -0.4 is 5.90 Å². The highest BCUT2D eigenvalue weighted by atomic mass is 32.2. The van der Waals surface area contributed by atoms with E-state index in [1.54, 1.807) is 6.26 Å². The second-order valence-corrected chi connectivity index (χ2v) is 0.724. The summed E-state index contributed by atoms with van der Waals surface area (Å²) < 4.78 is 3.46. The van der Waals surface area contributed by atoms with Gasteiger partial charge in [-0.05, 0) is 0 Å². The molecule has 0 heterocycles. The minimum atomic E-state index is 0.912. The molecule has 0 fully saturated rings. The van der Waals surface area contributed by atoms with Crippen LogP contribution in [0.4, 0.5) is 0 Å². The SMILES string of the molecule is CSO[N]. The van der Waals surface area contributed by atoms with Gasteiger partial charge in [-0.15, -0.1) is 0 Å². The topological polar surface area (TPSA) is 31.5 Å². The van der Waals surface area contributed by atoms with Crippen molar-refractivity contribution < 1.29 is 4.28 Å². The monoisotopic (exact) mass is 77.0 g/mol. The molecule has 0 rings (SSSR count). The summed E-state index contributed by atoms with van der Waals surface area (Å²) in [6.45, 7) is 0. The van der Waals surface area contributed by atoms with E-state index in [-0.39, 0.29) is 0 Å². The highest BCUT2D eigenvalue weighted by molar-refractivity contribution is 7.93. The van der Waals surface area contributed by atoms with Crippen molar-refractivity contribution in [2.24, 2.45) is 0 Å².